The molecule has 2 N–H and O–H groups in total. The highest BCUT2D eigenvalue weighted by atomic mass is 15.3. The minimum absolute atomic E-state index is 0.271. The van der Waals surface area contributed by atoms with Crippen LogP contribution in [0.4, 0.5) is 0 Å². The maximum atomic E-state index is 6.25. The van der Waals surface area contributed by atoms with Crippen molar-refractivity contribution in [2.24, 2.45) is 17.6 Å². The Hall–Kier alpha value is -0.120. The number of nitrogens with two attached hydrogens (primary N) is 1. The zero-order valence-corrected chi connectivity index (χ0v) is 12.7. The molecule has 2 aliphatic rings. The molecule has 4 atom stereocenters. The van der Waals surface area contributed by atoms with Crippen molar-refractivity contribution in [2.75, 3.05) is 33.2 Å². The highest BCUT2D eigenvalue weighted by Crippen LogP contribution is 2.41. The maximum absolute atomic E-state index is 6.25. The Balaban J connectivity index is 2.16. The van der Waals surface area contributed by atoms with Crippen LogP contribution in [0.15, 0.2) is 0 Å². The summed E-state index contributed by atoms with van der Waals surface area (Å²) in [4.78, 5) is 5.19. The van der Waals surface area contributed by atoms with E-state index in [9.17, 15) is 0 Å². The molecule has 0 aromatic rings. The monoisotopic (exact) mass is 253 g/mol. The highest BCUT2D eigenvalue weighted by Gasteiger charge is 2.46. The first-order valence-electron chi connectivity index (χ1n) is 7.66. The summed E-state index contributed by atoms with van der Waals surface area (Å²) in [6, 6.07) is 0.659. The SMILES string of the molecule is CC1CCCC(CN)(N2CCN(C)C(C)C2)C1C. The van der Waals surface area contributed by atoms with Gasteiger partial charge in [-0.3, -0.25) is 4.90 Å². The molecule has 0 bridgehead atoms. The number of hydrogen-bond acceptors (Lipinski definition) is 3. The largest absolute Gasteiger partial charge is 0.329 e. The number of nitrogens with zero attached hydrogens (tertiary/aromatic N) is 2. The van der Waals surface area contributed by atoms with Crippen LogP contribution in [0.1, 0.15) is 40.0 Å². The summed E-state index contributed by atoms with van der Waals surface area (Å²) in [6.07, 6.45) is 4.03. The van der Waals surface area contributed by atoms with Crippen molar-refractivity contribution in [3.05, 3.63) is 0 Å². The van der Waals surface area contributed by atoms with Gasteiger partial charge in [-0.15, -0.1) is 0 Å². The van der Waals surface area contributed by atoms with E-state index in [1.54, 1.807) is 0 Å². The summed E-state index contributed by atoms with van der Waals surface area (Å²) in [5, 5.41) is 0. The van der Waals surface area contributed by atoms with Gasteiger partial charge in [0.25, 0.3) is 0 Å². The first kappa shape index (κ1) is 14.3. The third-order valence-electron chi connectivity index (χ3n) is 5.91. The molecule has 1 aliphatic carbocycles. The van der Waals surface area contributed by atoms with Crippen LogP contribution < -0.4 is 5.73 Å². The minimum atomic E-state index is 0.271. The predicted octanol–water partition coefficient (Wildman–Crippen LogP) is 1.78. The fourth-order valence-corrected chi connectivity index (χ4v) is 4.05. The van der Waals surface area contributed by atoms with Crippen LogP contribution in [-0.2, 0) is 0 Å². The summed E-state index contributed by atoms with van der Waals surface area (Å²) in [7, 11) is 2.24. The Labute approximate surface area is 113 Å². The Kier molecular flexibility index (Phi) is 4.35. The van der Waals surface area contributed by atoms with Gasteiger partial charge in [0, 0.05) is 37.8 Å². The van der Waals surface area contributed by atoms with E-state index in [1.165, 1.54) is 38.9 Å². The second-order valence-corrected chi connectivity index (χ2v) is 6.74. The Morgan fingerprint density at radius 3 is 2.56 bits per heavy atom. The molecule has 0 spiro atoms. The average molecular weight is 253 g/mol. The molecule has 3 heteroatoms. The lowest BCUT2D eigenvalue weighted by molar-refractivity contribution is -0.0472. The zero-order valence-electron chi connectivity index (χ0n) is 12.7. The lowest BCUT2D eigenvalue weighted by Crippen LogP contribution is -2.66. The van der Waals surface area contributed by atoms with Crippen molar-refractivity contribution in [1.29, 1.82) is 0 Å². The zero-order chi connectivity index (χ0) is 13.3. The molecule has 0 amide bonds. The number of hydrogen-bond donors (Lipinski definition) is 1. The minimum Gasteiger partial charge on any atom is -0.329 e. The second kappa shape index (κ2) is 5.48. The maximum Gasteiger partial charge on any atom is 0.0360 e. The molecule has 106 valence electrons. The van der Waals surface area contributed by atoms with Crippen LogP contribution >= 0.6 is 0 Å². The molecule has 1 aliphatic heterocycles. The van der Waals surface area contributed by atoms with Gasteiger partial charge >= 0.3 is 0 Å². The number of rotatable bonds is 2. The Morgan fingerprint density at radius 2 is 1.94 bits per heavy atom. The van der Waals surface area contributed by atoms with Gasteiger partial charge < -0.3 is 10.6 Å². The van der Waals surface area contributed by atoms with E-state index in [1.807, 2.05) is 0 Å². The third kappa shape index (κ3) is 2.33. The Morgan fingerprint density at radius 1 is 1.22 bits per heavy atom. The van der Waals surface area contributed by atoms with E-state index in [-0.39, 0.29) is 5.54 Å². The molecule has 1 heterocycles. The molecule has 1 saturated carbocycles. The van der Waals surface area contributed by atoms with Crippen LogP contribution in [-0.4, -0.2) is 54.6 Å². The molecule has 2 rings (SSSR count). The van der Waals surface area contributed by atoms with Gasteiger partial charge in [-0.1, -0.05) is 26.7 Å². The van der Waals surface area contributed by atoms with Crippen LogP contribution in [0, 0.1) is 11.8 Å². The van der Waals surface area contributed by atoms with E-state index in [0.29, 0.717) is 6.04 Å². The van der Waals surface area contributed by atoms with Crippen LogP contribution in [0.25, 0.3) is 0 Å². The fourth-order valence-electron chi connectivity index (χ4n) is 4.05. The third-order valence-corrected chi connectivity index (χ3v) is 5.91. The number of likely N-dealkylation sites (N-methyl/N-ethyl adjacent to an activating group) is 1. The van der Waals surface area contributed by atoms with Crippen molar-refractivity contribution in [2.45, 2.75) is 51.6 Å². The van der Waals surface area contributed by atoms with Gasteiger partial charge in [-0.2, -0.15) is 0 Å². The molecular formula is C15H31N3. The van der Waals surface area contributed by atoms with E-state index >= 15 is 0 Å². The highest BCUT2D eigenvalue weighted by molar-refractivity contribution is 5.02. The van der Waals surface area contributed by atoms with Gasteiger partial charge in [0.1, 0.15) is 0 Å². The van der Waals surface area contributed by atoms with Crippen molar-refractivity contribution in [3.8, 4) is 0 Å². The summed E-state index contributed by atoms with van der Waals surface area (Å²) in [5.41, 5.74) is 6.52. The quantitative estimate of drug-likeness (QED) is 0.814. The molecule has 0 aromatic carbocycles. The molecule has 18 heavy (non-hydrogen) atoms. The summed E-state index contributed by atoms with van der Waals surface area (Å²) >= 11 is 0. The molecule has 2 fully saturated rings. The van der Waals surface area contributed by atoms with E-state index in [2.05, 4.69) is 37.6 Å². The van der Waals surface area contributed by atoms with Gasteiger partial charge in [0.15, 0.2) is 0 Å². The number of piperazine rings is 1. The van der Waals surface area contributed by atoms with Crippen LogP contribution in [0.2, 0.25) is 0 Å². The van der Waals surface area contributed by atoms with Crippen molar-refractivity contribution < 1.29 is 0 Å². The second-order valence-electron chi connectivity index (χ2n) is 6.74. The molecule has 3 nitrogen and oxygen atoms in total. The summed E-state index contributed by atoms with van der Waals surface area (Å²) in [5.74, 6) is 1.55. The summed E-state index contributed by atoms with van der Waals surface area (Å²) in [6.45, 7) is 11.6. The lowest BCUT2D eigenvalue weighted by atomic mass is 9.67. The Bertz CT molecular complexity index is 281. The molecule has 0 radical (unpaired) electrons. The topological polar surface area (TPSA) is 32.5 Å². The summed E-state index contributed by atoms with van der Waals surface area (Å²) < 4.78 is 0. The van der Waals surface area contributed by atoms with E-state index in [4.69, 9.17) is 5.73 Å². The predicted molar refractivity (Wildman–Crippen MR) is 77.6 cm³/mol. The molecule has 4 unspecified atom stereocenters. The van der Waals surface area contributed by atoms with Gasteiger partial charge in [-0.25, -0.2) is 0 Å². The lowest BCUT2D eigenvalue weighted by Gasteiger charge is -2.55. The van der Waals surface area contributed by atoms with E-state index in [0.717, 1.165) is 18.4 Å². The van der Waals surface area contributed by atoms with Crippen molar-refractivity contribution in [1.82, 2.24) is 9.80 Å². The van der Waals surface area contributed by atoms with Crippen LogP contribution in [0.3, 0.4) is 0 Å². The fraction of sp³-hybridized carbons (Fsp3) is 1.00. The van der Waals surface area contributed by atoms with Crippen LogP contribution in [0.5, 0.6) is 0 Å². The average Bonchev–Trinajstić information content (AvgIpc) is 2.36. The van der Waals surface area contributed by atoms with Crippen molar-refractivity contribution >= 4 is 0 Å². The molecular weight excluding hydrogens is 222 g/mol. The molecule has 1 saturated heterocycles. The van der Waals surface area contributed by atoms with E-state index < -0.39 is 0 Å². The van der Waals surface area contributed by atoms with Crippen molar-refractivity contribution in [3.63, 3.8) is 0 Å². The van der Waals surface area contributed by atoms with Gasteiger partial charge in [0.2, 0.25) is 0 Å². The van der Waals surface area contributed by atoms with Gasteiger partial charge in [-0.05, 0) is 32.2 Å². The first-order valence-corrected chi connectivity index (χ1v) is 7.66. The van der Waals surface area contributed by atoms with Gasteiger partial charge in [0.05, 0.1) is 0 Å². The molecule has 0 aromatic heterocycles. The standard InChI is InChI=1S/C15H31N3/c1-12-6-5-7-15(11-16,14(12)3)18-9-8-17(4)13(2)10-18/h12-14H,5-11,16H2,1-4H3. The smallest absolute Gasteiger partial charge is 0.0360 e. The first-order chi connectivity index (χ1) is 8.51. The normalized spacial score (nSPS) is 44.2.